The molecule has 1 aromatic heterocycles. The van der Waals surface area contributed by atoms with Gasteiger partial charge in [-0.15, -0.1) is 0 Å². The van der Waals surface area contributed by atoms with Gasteiger partial charge in [-0.1, -0.05) is 12.2 Å². The lowest BCUT2D eigenvalue weighted by Gasteiger charge is -2.01. The van der Waals surface area contributed by atoms with E-state index in [2.05, 4.69) is 16.4 Å². The van der Waals surface area contributed by atoms with Crippen molar-refractivity contribution in [3.05, 3.63) is 30.0 Å². The van der Waals surface area contributed by atoms with Crippen molar-refractivity contribution < 1.29 is 4.74 Å². The average Bonchev–Trinajstić information content (AvgIpc) is 2.25. The number of methoxy groups -OCH3 is 1. The molecule has 0 amide bonds. The number of nitrogens with one attached hydrogen (secondary N) is 1. The van der Waals surface area contributed by atoms with E-state index in [0.29, 0.717) is 5.88 Å². The minimum atomic E-state index is 0.674. The molecule has 1 rings (SSSR count). The molecule has 0 radical (unpaired) electrons. The van der Waals surface area contributed by atoms with Crippen molar-refractivity contribution in [2.24, 2.45) is 0 Å². The molecular weight excluding hydrogens is 176 g/mol. The number of nitrogens with zero attached hydrogens (tertiary/aromatic N) is 1. The first-order valence-corrected chi connectivity index (χ1v) is 4.68. The molecule has 0 unspecified atom stereocenters. The largest absolute Gasteiger partial charge is 0.481 e. The van der Waals surface area contributed by atoms with Gasteiger partial charge in [-0.3, -0.25) is 0 Å². The van der Waals surface area contributed by atoms with Crippen LogP contribution in [0, 0.1) is 0 Å². The van der Waals surface area contributed by atoms with E-state index in [1.165, 1.54) is 0 Å². The van der Waals surface area contributed by atoms with E-state index >= 15 is 0 Å². The number of aromatic nitrogens is 1. The molecule has 0 aromatic carbocycles. The van der Waals surface area contributed by atoms with Gasteiger partial charge in [-0.05, 0) is 32.1 Å². The summed E-state index contributed by atoms with van der Waals surface area (Å²) >= 11 is 0. The molecule has 0 bridgehead atoms. The number of pyridine rings is 1. The average molecular weight is 192 g/mol. The maximum atomic E-state index is 5.12. The Morgan fingerprint density at radius 2 is 2.43 bits per heavy atom. The van der Waals surface area contributed by atoms with Crippen LogP contribution >= 0.6 is 0 Å². The zero-order chi connectivity index (χ0) is 10.2. The molecule has 1 heterocycles. The summed E-state index contributed by atoms with van der Waals surface area (Å²) in [5, 5.41) is 3.08. The molecule has 14 heavy (non-hydrogen) atoms. The van der Waals surface area contributed by atoms with Gasteiger partial charge >= 0.3 is 0 Å². The van der Waals surface area contributed by atoms with Gasteiger partial charge in [0.05, 0.1) is 7.11 Å². The first-order valence-electron chi connectivity index (χ1n) is 4.68. The topological polar surface area (TPSA) is 34.2 Å². The fourth-order valence-electron chi connectivity index (χ4n) is 1.14. The highest BCUT2D eigenvalue weighted by molar-refractivity contribution is 5.54. The Kier molecular flexibility index (Phi) is 4.72. The molecule has 76 valence electrons. The monoisotopic (exact) mass is 192 g/mol. The molecule has 1 aromatic rings. The van der Waals surface area contributed by atoms with E-state index < -0.39 is 0 Å². The molecule has 0 saturated heterocycles. The quantitative estimate of drug-likeness (QED) is 0.721. The number of hydrogen-bond donors (Lipinski definition) is 1. The van der Waals surface area contributed by atoms with Crippen LogP contribution in [0.1, 0.15) is 12.0 Å². The van der Waals surface area contributed by atoms with Crippen molar-refractivity contribution in [2.45, 2.75) is 6.42 Å². The number of hydrogen-bond acceptors (Lipinski definition) is 3. The first kappa shape index (κ1) is 10.7. The zero-order valence-corrected chi connectivity index (χ0v) is 8.66. The van der Waals surface area contributed by atoms with E-state index in [0.717, 1.165) is 18.5 Å². The summed E-state index contributed by atoms with van der Waals surface area (Å²) in [6.45, 7) is 0.985. The minimum absolute atomic E-state index is 0.674. The van der Waals surface area contributed by atoms with Crippen LogP contribution in [0.5, 0.6) is 5.88 Å². The number of ether oxygens (including phenoxy) is 1. The summed E-state index contributed by atoms with van der Waals surface area (Å²) < 4.78 is 5.12. The highest BCUT2D eigenvalue weighted by atomic mass is 16.5. The third-order valence-corrected chi connectivity index (χ3v) is 1.85. The Labute approximate surface area is 84.8 Å². The molecule has 3 nitrogen and oxygen atoms in total. The third-order valence-electron chi connectivity index (χ3n) is 1.85. The summed E-state index contributed by atoms with van der Waals surface area (Å²) in [6, 6.07) is 3.89. The van der Waals surface area contributed by atoms with Gasteiger partial charge in [-0.25, -0.2) is 4.98 Å². The lowest BCUT2D eigenvalue weighted by molar-refractivity contribution is 0.397. The van der Waals surface area contributed by atoms with Crippen molar-refractivity contribution in [1.29, 1.82) is 0 Å². The summed E-state index contributed by atoms with van der Waals surface area (Å²) in [7, 11) is 3.58. The van der Waals surface area contributed by atoms with E-state index in [1.807, 2.05) is 25.3 Å². The lowest BCUT2D eigenvalue weighted by atomic mass is 10.2. The van der Waals surface area contributed by atoms with Crippen LogP contribution in [0.4, 0.5) is 0 Å². The fourth-order valence-corrected chi connectivity index (χ4v) is 1.14. The van der Waals surface area contributed by atoms with Gasteiger partial charge in [0.2, 0.25) is 5.88 Å². The molecular formula is C11H16N2O. The second-order valence-electron chi connectivity index (χ2n) is 2.90. The summed E-state index contributed by atoms with van der Waals surface area (Å²) in [5.74, 6) is 0.674. The van der Waals surface area contributed by atoms with Crippen molar-refractivity contribution in [3.8, 4) is 5.88 Å². The fraction of sp³-hybridized carbons (Fsp3) is 0.364. The highest BCUT2D eigenvalue weighted by Crippen LogP contribution is 2.15. The third kappa shape index (κ3) is 3.18. The minimum Gasteiger partial charge on any atom is -0.481 e. The molecule has 0 aliphatic heterocycles. The number of rotatable bonds is 5. The van der Waals surface area contributed by atoms with Gasteiger partial charge in [-0.2, -0.15) is 0 Å². The standard InChI is InChI=1S/C11H16N2O/c1-12-8-4-3-6-10-7-5-9-13-11(10)14-2/h3,5-7,9,12H,4,8H2,1-2H3. The van der Waals surface area contributed by atoms with Crippen LogP contribution in [0.15, 0.2) is 24.4 Å². The Hall–Kier alpha value is -1.35. The van der Waals surface area contributed by atoms with Gasteiger partial charge in [0, 0.05) is 11.8 Å². The lowest BCUT2D eigenvalue weighted by Crippen LogP contribution is -2.05. The van der Waals surface area contributed by atoms with Crippen molar-refractivity contribution in [3.63, 3.8) is 0 Å². The maximum Gasteiger partial charge on any atom is 0.220 e. The van der Waals surface area contributed by atoms with Crippen LogP contribution in [-0.4, -0.2) is 25.7 Å². The van der Waals surface area contributed by atoms with Gasteiger partial charge in [0.25, 0.3) is 0 Å². The Balaban J connectivity index is 2.61. The molecule has 0 aliphatic carbocycles. The molecule has 1 N–H and O–H groups in total. The van der Waals surface area contributed by atoms with Crippen LogP contribution in [0.3, 0.4) is 0 Å². The smallest absolute Gasteiger partial charge is 0.220 e. The van der Waals surface area contributed by atoms with Crippen LogP contribution in [0.25, 0.3) is 6.08 Å². The summed E-state index contributed by atoms with van der Waals surface area (Å²) in [6.07, 6.45) is 6.87. The van der Waals surface area contributed by atoms with E-state index in [4.69, 9.17) is 4.74 Å². The molecule has 0 saturated carbocycles. The Morgan fingerprint density at radius 3 is 3.14 bits per heavy atom. The van der Waals surface area contributed by atoms with Crippen LogP contribution < -0.4 is 10.1 Å². The second-order valence-corrected chi connectivity index (χ2v) is 2.90. The van der Waals surface area contributed by atoms with Gasteiger partial charge in [0.15, 0.2) is 0 Å². The van der Waals surface area contributed by atoms with E-state index in [-0.39, 0.29) is 0 Å². The SMILES string of the molecule is CNCCC=Cc1cccnc1OC. The second kappa shape index (κ2) is 6.16. The van der Waals surface area contributed by atoms with Crippen LogP contribution in [-0.2, 0) is 0 Å². The normalized spacial score (nSPS) is 10.7. The summed E-state index contributed by atoms with van der Waals surface area (Å²) in [5.41, 5.74) is 1.02. The Bertz CT molecular complexity index is 297. The van der Waals surface area contributed by atoms with Crippen molar-refractivity contribution >= 4 is 6.08 Å². The highest BCUT2D eigenvalue weighted by Gasteiger charge is 1.97. The Morgan fingerprint density at radius 1 is 1.57 bits per heavy atom. The molecule has 0 spiro atoms. The van der Waals surface area contributed by atoms with Crippen LogP contribution in [0.2, 0.25) is 0 Å². The summed E-state index contributed by atoms with van der Waals surface area (Å²) in [4.78, 5) is 4.11. The van der Waals surface area contributed by atoms with E-state index in [9.17, 15) is 0 Å². The predicted octanol–water partition coefficient (Wildman–Crippen LogP) is 1.71. The van der Waals surface area contributed by atoms with Gasteiger partial charge < -0.3 is 10.1 Å². The van der Waals surface area contributed by atoms with Crippen molar-refractivity contribution in [1.82, 2.24) is 10.3 Å². The molecule has 3 heteroatoms. The predicted molar refractivity (Wildman–Crippen MR) is 58.4 cm³/mol. The van der Waals surface area contributed by atoms with Gasteiger partial charge in [0.1, 0.15) is 0 Å². The first-order chi connectivity index (χ1) is 6.88. The molecule has 0 fully saturated rings. The maximum absolute atomic E-state index is 5.12. The van der Waals surface area contributed by atoms with Crippen molar-refractivity contribution in [2.75, 3.05) is 20.7 Å². The molecule has 0 aliphatic rings. The van der Waals surface area contributed by atoms with E-state index in [1.54, 1.807) is 13.3 Å². The molecule has 0 atom stereocenters. The zero-order valence-electron chi connectivity index (χ0n) is 8.66.